The lowest BCUT2D eigenvalue weighted by Crippen LogP contribution is -2.29. The van der Waals surface area contributed by atoms with Crippen molar-refractivity contribution in [3.8, 4) is 0 Å². The fraction of sp³-hybridized carbons (Fsp3) is 0.556. The van der Waals surface area contributed by atoms with E-state index in [0.717, 1.165) is 12.2 Å². The maximum absolute atomic E-state index is 5.22. The summed E-state index contributed by atoms with van der Waals surface area (Å²) >= 11 is 0. The molecule has 0 aliphatic heterocycles. The third kappa shape index (κ3) is 1.84. The van der Waals surface area contributed by atoms with E-state index in [9.17, 15) is 0 Å². The average Bonchev–Trinajstić information content (AvgIpc) is 2.04. The molecule has 0 saturated heterocycles. The van der Waals surface area contributed by atoms with Gasteiger partial charge >= 0.3 is 0 Å². The Labute approximate surface area is 67.9 Å². The van der Waals surface area contributed by atoms with Crippen LogP contribution in [0.2, 0.25) is 0 Å². The average molecular weight is 153 g/mol. The molecule has 1 atom stereocenters. The van der Waals surface area contributed by atoms with Crippen molar-refractivity contribution < 1.29 is 4.74 Å². The zero-order valence-electron chi connectivity index (χ0n) is 7.35. The molecule has 2 heteroatoms. The summed E-state index contributed by atoms with van der Waals surface area (Å²) < 4.78 is 5.22. The Hall–Kier alpha value is -0.760. The minimum absolute atomic E-state index is 0.365. The fourth-order valence-electron chi connectivity index (χ4n) is 1.27. The van der Waals surface area contributed by atoms with E-state index in [4.69, 9.17) is 4.74 Å². The van der Waals surface area contributed by atoms with Crippen LogP contribution in [0.1, 0.15) is 13.3 Å². The lowest BCUT2D eigenvalue weighted by Gasteiger charge is -2.20. The van der Waals surface area contributed by atoms with Gasteiger partial charge in [0.15, 0.2) is 0 Å². The molecule has 0 aromatic rings. The third-order valence-corrected chi connectivity index (χ3v) is 1.97. The summed E-state index contributed by atoms with van der Waals surface area (Å²) in [6.45, 7) is 2.09. The maximum Gasteiger partial charge on any atom is 0.113 e. The second-order valence-electron chi connectivity index (χ2n) is 2.78. The highest BCUT2D eigenvalue weighted by Gasteiger charge is 2.14. The van der Waals surface area contributed by atoms with E-state index < -0.39 is 0 Å². The number of hydrogen-bond donors (Lipinski definition) is 1. The van der Waals surface area contributed by atoms with Crippen LogP contribution < -0.4 is 5.32 Å². The molecule has 1 unspecified atom stereocenters. The Kier molecular flexibility index (Phi) is 2.71. The standard InChI is InChI=1S/C9H15NO/c1-7-4-5-8(10-2)9(6-7)11-3/h4,6,8,10H,5H2,1-3H3. The summed E-state index contributed by atoms with van der Waals surface area (Å²) in [5.74, 6) is 1.03. The molecule has 62 valence electrons. The van der Waals surface area contributed by atoms with Gasteiger partial charge in [-0.05, 0) is 26.5 Å². The van der Waals surface area contributed by atoms with Gasteiger partial charge in [0.2, 0.25) is 0 Å². The first kappa shape index (κ1) is 8.34. The fourth-order valence-corrected chi connectivity index (χ4v) is 1.27. The van der Waals surface area contributed by atoms with Crippen LogP contribution in [0.5, 0.6) is 0 Å². The minimum atomic E-state index is 0.365. The smallest absolute Gasteiger partial charge is 0.113 e. The number of ether oxygens (including phenoxy) is 1. The molecular formula is C9H15NO. The summed E-state index contributed by atoms with van der Waals surface area (Å²) in [6.07, 6.45) is 5.32. The summed E-state index contributed by atoms with van der Waals surface area (Å²) in [5.41, 5.74) is 1.29. The third-order valence-electron chi connectivity index (χ3n) is 1.97. The highest BCUT2D eigenvalue weighted by Crippen LogP contribution is 2.17. The Balaban J connectivity index is 2.71. The van der Waals surface area contributed by atoms with E-state index in [1.165, 1.54) is 5.57 Å². The molecule has 2 nitrogen and oxygen atoms in total. The second-order valence-corrected chi connectivity index (χ2v) is 2.78. The minimum Gasteiger partial charge on any atom is -0.499 e. The summed E-state index contributed by atoms with van der Waals surface area (Å²) in [4.78, 5) is 0. The van der Waals surface area contributed by atoms with Crippen LogP contribution in [0.4, 0.5) is 0 Å². The first-order valence-corrected chi connectivity index (χ1v) is 3.87. The molecule has 0 saturated carbocycles. The van der Waals surface area contributed by atoms with Gasteiger partial charge in [0.05, 0.1) is 13.2 Å². The van der Waals surface area contributed by atoms with Gasteiger partial charge in [0.25, 0.3) is 0 Å². The Morgan fingerprint density at radius 2 is 2.36 bits per heavy atom. The SMILES string of the molecule is CNC1CC=C(C)C=C1OC. The van der Waals surface area contributed by atoms with Gasteiger partial charge in [-0.25, -0.2) is 0 Å². The lowest BCUT2D eigenvalue weighted by molar-refractivity contribution is 0.252. The molecule has 1 N–H and O–H groups in total. The van der Waals surface area contributed by atoms with E-state index in [1.807, 2.05) is 7.05 Å². The molecule has 0 radical (unpaired) electrons. The first-order valence-electron chi connectivity index (χ1n) is 3.87. The molecule has 0 heterocycles. The number of allylic oxidation sites excluding steroid dienone is 2. The number of hydrogen-bond acceptors (Lipinski definition) is 2. The summed E-state index contributed by atoms with van der Waals surface area (Å²) in [5, 5.41) is 3.19. The van der Waals surface area contributed by atoms with Crippen LogP contribution in [0, 0.1) is 0 Å². The van der Waals surface area contributed by atoms with Crippen molar-refractivity contribution in [1.29, 1.82) is 0 Å². The molecule has 1 rings (SSSR count). The number of likely N-dealkylation sites (N-methyl/N-ethyl adjacent to an activating group) is 1. The van der Waals surface area contributed by atoms with Gasteiger partial charge in [0, 0.05) is 0 Å². The van der Waals surface area contributed by atoms with E-state index in [1.54, 1.807) is 7.11 Å². The second kappa shape index (κ2) is 3.58. The molecule has 1 aliphatic carbocycles. The number of methoxy groups -OCH3 is 1. The molecule has 0 fully saturated rings. The van der Waals surface area contributed by atoms with Crippen molar-refractivity contribution in [2.75, 3.05) is 14.2 Å². The van der Waals surface area contributed by atoms with E-state index in [0.29, 0.717) is 6.04 Å². The van der Waals surface area contributed by atoms with Crippen LogP contribution in [0.25, 0.3) is 0 Å². The van der Waals surface area contributed by atoms with Crippen molar-refractivity contribution in [3.05, 3.63) is 23.5 Å². The largest absolute Gasteiger partial charge is 0.499 e. The van der Waals surface area contributed by atoms with Crippen molar-refractivity contribution in [1.82, 2.24) is 5.32 Å². The molecule has 0 aromatic carbocycles. The lowest BCUT2D eigenvalue weighted by atomic mass is 10.0. The number of nitrogens with one attached hydrogen (secondary N) is 1. The van der Waals surface area contributed by atoms with E-state index in [-0.39, 0.29) is 0 Å². The van der Waals surface area contributed by atoms with Crippen molar-refractivity contribution in [3.63, 3.8) is 0 Å². The summed E-state index contributed by atoms with van der Waals surface area (Å²) in [7, 11) is 3.67. The van der Waals surface area contributed by atoms with E-state index >= 15 is 0 Å². The van der Waals surface area contributed by atoms with Crippen LogP contribution in [0.3, 0.4) is 0 Å². The topological polar surface area (TPSA) is 21.3 Å². The number of rotatable bonds is 2. The molecule has 1 aliphatic rings. The highest BCUT2D eigenvalue weighted by molar-refractivity contribution is 5.27. The Morgan fingerprint density at radius 1 is 1.64 bits per heavy atom. The molecule has 11 heavy (non-hydrogen) atoms. The van der Waals surface area contributed by atoms with E-state index in [2.05, 4.69) is 24.4 Å². The van der Waals surface area contributed by atoms with Gasteiger partial charge in [-0.1, -0.05) is 11.6 Å². The van der Waals surface area contributed by atoms with Crippen LogP contribution in [-0.4, -0.2) is 20.2 Å². The van der Waals surface area contributed by atoms with Crippen LogP contribution in [0.15, 0.2) is 23.5 Å². The predicted octanol–water partition coefficient (Wildman–Crippen LogP) is 1.45. The van der Waals surface area contributed by atoms with Crippen LogP contribution in [-0.2, 0) is 4.74 Å². The quantitative estimate of drug-likeness (QED) is 0.648. The van der Waals surface area contributed by atoms with Crippen LogP contribution >= 0.6 is 0 Å². The highest BCUT2D eigenvalue weighted by atomic mass is 16.5. The Morgan fingerprint density at radius 3 is 2.91 bits per heavy atom. The molecule has 0 aromatic heterocycles. The monoisotopic (exact) mass is 153 g/mol. The van der Waals surface area contributed by atoms with Gasteiger partial charge < -0.3 is 10.1 Å². The van der Waals surface area contributed by atoms with Gasteiger partial charge in [-0.2, -0.15) is 0 Å². The molecular weight excluding hydrogens is 138 g/mol. The first-order chi connectivity index (χ1) is 5.27. The van der Waals surface area contributed by atoms with Gasteiger partial charge in [-0.3, -0.25) is 0 Å². The molecule has 0 amide bonds. The summed E-state index contributed by atoms with van der Waals surface area (Å²) in [6, 6.07) is 0.365. The maximum atomic E-state index is 5.22. The molecule has 0 bridgehead atoms. The normalized spacial score (nSPS) is 24.1. The van der Waals surface area contributed by atoms with Gasteiger partial charge in [0.1, 0.15) is 5.76 Å². The zero-order chi connectivity index (χ0) is 8.27. The van der Waals surface area contributed by atoms with Crippen molar-refractivity contribution in [2.45, 2.75) is 19.4 Å². The van der Waals surface area contributed by atoms with Crippen molar-refractivity contribution >= 4 is 0 Å². The predicted molar refractivity (Wildman–Crippen MR) is 46.3 cm³/mol. The van der Waals surface area contributed by atoms with Gasteiger partial charge in [-0.15, -0.1) is 0 Å². The molecule has 0 spiro atoms. The van der Waals surface area contributed by atoms with Crippen molar-refractivity contribution in [2.24, 2.45) is 0 Å². The zero-order valence-corrected chi connectivity index (χ0v) is 7.35. The Bertz CT molecular complexity index is 194.